The maximum absolute atomic E-state index is 6.37. The van der Waals surface area contributed by atoms with Gasteiger partial charge in [0.2, 0.25) is 0 Å². The van der Waals surface area contributed by atoms with Crippen molar-refractivity contribution in [1.82, 2.24) is 15.0 Å². The summed E-state index contributed by atoms with van der Waals surface area (Å²) in [5.41, 5.74) is 13.0. The molecule has 0 spiro atoms. The van der Waals surface area contributed by atoms with Gasteiger partial charge in [0.05, 0.1) is 33.8 Å². The number of hydrogen-bond acceptors (Lipinski definition) is 4. The van der Waals surface area contributed by atoms with Crippen LogP contribution in [0.4, 0.5) is 17.2 Å². The fourth-order valence-corrected chi connectivity index (χ4v) is 7.40. The number of para-hydroxylation sites is 2. The quantitative estimate of drug-likeness (QED) is 0.196. The fraction of sp³-hybridized carbons (Fsp3) is 0.0909. The van der Waals surface area contributed by atoms with Crippen LogP contribution in [0.5, 0.6) is 0 Å². The zero-order valence-corrected chi connectivity index (χ0v) is 27.5. The molecule has 234 valence electrons. The van der Waals surface area contributed by atoms with E-state index in [-0.39, 0.29) is 5.41 Å². The molecule has 1 aliphatic heterocycles. The van der Waals surface area contributed by atoms with E-state index in [1.54, 1.807) is 0 Å². The first kappa shape index (κ1) is 27.9. The van der Waals surface area contributed by atoms with Gasteiger partial charge in [0.15, 0.2) is 0 Å². The molecule has 0 amide bonds. The minimum absolute atomic E-state index is 0.0448. The average molecular weight is 633 g/mol. The number of furan rings is 1. The van der Waals surface area contributed by atoms with Crippen molar-refractivity contribution in [1.29, 1.82) is 0 Å². The minimum Gasteiger partial charge on any atom is -0.456 e. The molecular formula is C44H32N4O. The molecule has 0 aliphatic carbocycles. The molecule has 9 aromatic rings. The third-order valence-corrected chi connectivity index (χ3v) is 9.90. The molecule has 5 nitrogen and oxygen atoms in total. The van der Waals surface area contributed by atoms with Crippen molar-refractivity contribution in [2.75, 3.05) is 4.90 Å². The summed E-state index contributed by atoms with van der Waals surface area (Å²) >= 11 is 0. The summed E-state index contributed by atoms with van der Waals surface area (Å²) in [6.07, 6.45) is 0. The number of aromatic nitrogens is 3. The normalized spacial score (nSPS) is 12.8. The van der Waals surface area contributed by atoms with E-state index in [1.165, 1.54) is 16.3 Å². The molecule has 0 atom stereocenters. The van der Waals surface area contributed by atoms with Gasteiger partial charge in [0.1, 0.15) is 17.0 Å². The lowest BCUT2D eigenvalue weighted by molar-refractivity contribution is 0.591. The summed E-state index contributed by atoms with van der Waals surface area (Å²) in [7, 11) is 0. The highest BCUT2D eigenvalue weighted by molar-refractivity contribution is 6.15. The lowest BCUT2D eigenvalue weighted by Crippen LogP contribution is -2.12. The number of aromatic amines is 1. The first-order valence-corrected chi connectivity index (χ1v) is 16.7. The number of H-pyrrole nitrogens is 1. The van der Waals surface area contributed by atoms with E-state index >= 15 is 0 Å². The van der Waals surface area contributed by atoms with E-state index < -0.39 is 0 Å². The maximum Gasteiger partial charge on any atom is 0.138 e. The van der Waals surface area contributed by atoms with Gasteiger partial charge in [-0.3, -0.25) is 4.90 Å². The number of rotatable bonds is 1. The Labute approximate surface area is 283 Å². The monoisotopic (exact) mass is 632 g/mol. The number of hydrogen-bond donors (Lipinski definition) is 1. The Morgan fingerprint density at radius 2 is 1.24 bits per heavy atom. The predicted octanol–water partition coefficient (Wildman–Crippen LogP) is 12.1. The molecule has 4 aromatic heterocycles. The highest BCUT2D eigenvalue weighted by Gasteiger charge is 2.23. The summed E-state index contributed by atoms with van der Waals surface area (Å²) < 4.78 is 6.37. The molecule has 5 heteroatoms. The second-order valence-electron chi connectivity index (χ2n) is 14.0. The third kappa shape index (κ3) is 4.32. The van der Waals surface area contributed by atoms with Crippen LogP contribution in [0.1, 0.15) is 26.3 Å². The van der Waals surface area contributed by atoms with Gasteiger partial charge in [-0.15, -0.1) is 0 Å². The predicted molar refractivity (Wildman–Crippen MR) is 202 cm³/mol. The second-order valence-corrected chi connectivity index (χ2v) is 14.0. The van der Waals surface area contributed by atoms with Crippen molar-refractivity contribution >= 4 is 60.9 Å². The Bertz CT molecular complexity index is 2780. The van der Waals surface area contributed by atoms with Gasteiger partial charge in [0, 0.05) is 44.4 Å². The number of fused-ring (bicyclic) bond motifs is 13. The van der Waals surface area contributed by atoms with Crippen molar-refractivity contribution in [3.63, 3.8) is 0 Å². The Morgan fingerprint density at radius 1 is 0.531 bits per heavy atom. The first-order chi connectivity index (χ1) is 23.9. The van der Waals surface area contributed by atoms with E-state index in [1.807, 2.05) is 24.3 Å². The second kappa shape index (κ2) is 10.1. The van der Waals surface area contributed by atoms with Gasteiger partial charge in [-0.25, -0.2) is 9.97 Å². The average Bonchev–Trinajstić information content (AvgIpc) is 3.69. The van der Waals surface area contributed by atoms with Gasteiger partial charge < -0.3 is 9.40 Å². The van der Waals surface area contributed by atoms with Crippen LogP contribution in [-0.4, -0.2) is 15.0 Å². The number of nitrogens with zero attached hydrogens (tertiary/aromatic N) is 3. The molecular weight excluding hydrogens is 601 g/mol. The maximum atomic E-state index is 6.37. The molecule has 5 heterocycles. The van der Waals surface area contributed by atoms with Gasteiger partial charge in [0.25, 0.3) is 0 Å². The lowest BCUT2D eigenvalue weighted by atomic mass is 9.84. The van der Waals surface area contributed by atoms with Crippen molar-refractivity contribution in [3.05, 3.63) is 139 Å². The van der Waals surface area contributed by atoms with Crippen LogP contribution < -0.4 is 4.90 Å². The summed E-state index contributed by atoms with van der Waals surface area (Å²) in [5, 5.41) is 4.61. The molecule has 10 rings (SSSR count). The van der Waals surface area contributed by atoms with Gasteiger partial charge in [-0.2, -0.15) is 0 Å². The third-order valence-electron chi connectivity index (χ3n) is 9.90. The van der Waals surface area contributed by atoms with E-state index in [9.17, 15) is 0 Å². The molecule has 0 unspecified atom stereocenters. The highest BCUT2D eigenvalue weighted by atomic mass is 16.3. The van der Waals surface area contributed by atoms with Crippen LogP contribution >= 0.6 is 0 Å². The number of benzene rings is 5. The summed E-state index contributed by atoms with van der Waals surface area (Å²) in [4.78, 5) is 16.6. The molecule has 1 aliphatic rings. The highest BCUT2D eigenvalue weighted by Crippen LogP contribution is 2.43. The summed E-state index contributed by atoms with van der Waals surface area (Å²) in [6.45, 7) is 6.85. The molecule has 0 radical (unpaired) electrons. The van der Waals surface area contributed by atoms with Crippen LogP contribution in [-0.2, 0) is 5.41 Å². The van der Waals surface area contributed by atoms with Crippen molar-refractivity contribution in [2.24, 2.45) is 0 Å². The van der Waals surface area contributed by atoms with Crippen LogP contribution in [0.15, 0.2) is 138 Å². The van der Waals surface area contributed by atoms with E-state index in [4.69, 9.17) is 14.4 Å². The molecule has 8 bridgehead atoms. The zero-order chi connectivity index (χ0) is 32.9. The van der Waals surface area contributed by atoms with Gasteiger partial charge in [-0.05, 0) is 83.3 Å². The van der Waals surface area contributed by atoms with Gasteiger partial charge >= 0.3 is 0 Å². The van der Waals surface area contributed by atoms with Crippen LogP contribution in [0.3, 0.4) is 0 Å². The van der Waals surface area contributed by atoms with Crippen LogP contribution in [0, 0.1) is 0 Å². The first-order valence-electron chi connectivity index (χ1n) is 16.7. The lowest BCUT2D eigenvalue weighted by Gasteiger charge is -2.25. The Balaban J connectivity index is 1.30. The van der Waals surface area contributed by atoms with Gasteiger partial charge in [-0.1, -0.05) is 81.4 Å². The van der Waals surface area contributed by atoms with E-state index in [0.29, 0.717) is 0 Å². The Kier molecular flexibility index (Phi) is 5.77. The Morgan fingerprint density at radius 3 is 2.14 bits per heavy atom. The zero-order valence-electron chi connectivity index (χ0n) is 27.5. The molecule has 0 saturated heterocycles. The van der Waals surface area contributed by atoms with Crippen LogP contribution in [0.25, 0.3) is 77.5 Å². The minimum atomic E-state index is -0.0448. The fourth-order valence-electron chi connectivity index (χ4n) is 7.40. The summed E-state index contributed by atoms with van der Waals surface area (Å²) in [6, 6.07) is 47.1. The SMILES string of the molecule is CC(C)(C)c1cc2c3[nH]c4c(cccc4c3c1)-c1cccc(n1)-c1cccc(n1)N(c1ccc3c(c1)oc1ccccc13)c1cccc-2c1. The van der Waals surface area contributed by atoms with Crippen molar-refractivity contribution in [3.8, 4) is 33.8 Å². The Hall–Kier alpha value is -6.20. The number of anilines is 3. The topological polar surface area (TPSA) is 58.0 Å². The number of nitrogens with one attached hydrogen (secondary N) is 1. The molecule has 0 fully saturated rings. The van der Waals surface area contributed by atoms with Crippen LogP contribution in [0.2, 0.25) is 0 Å². The van der Waals surface area contributed by atoms with E-state index in [2.05, 4.69) is 140 Å². The largest absolute Gasteiger partial charge is 0.456 e. The molecule has 1 N–H and O–H groups in total. The standard InChI is InChI=1S/C44H32N4O/c1-44(2,3)27-23-34-26-10-6-11-28(22-26)48(29-20-21-31-30-12-4-5-18-39(30)49-40(31)25-29)41-19-9-17-38(46-41)37-16-8-15-36(45-37)33-14-7-13-32-35(24-27)43(34)47-42(32)33/h4-25,47H,1-3H3. The van der Waals surface area contributed by atoms with E-state index in [0.717, 1.165) is 83.9 Å². The molecule has 49 heavy (non-hydrogen) atoms. The molecule has 5 aromatic carbocycles. The van der Waals surface area contributed by atoms with Crippen molar-refractivity contribution < 1.29 is 4.42 Å². The number of pyridine rings is 2. The summed E-state index contributed by atoms with van der Waals surface area (Å²) in [5.74, 6) is 0.796. The molecule has 0 saturated carbocycles. The van der Waals surface area contributed by atoms with Crippen molar-refractivity contribution in [2.45, 2.75) is 26.2 Å². The smallest absolute Gasteiger partial charge is 0.138 e.